The number of carbonyl (C=O) groups excluding carboxylic acids is 1. The molecule has 0 N–H and O–H groups in total. The number of likely N-dealkylation sites (N-methyl/N-ethyl adjacent to an activating group) is 1. The zero-order valence-corrected chi connectivity index (χ0v) is 17.5. The fraction of sp³-hybridized carbons (Fsp3) is 0.304. The number of rotatable bonds is 6. The number of ether oxygens (including phenoxy) is 2. The van der Waals surface area contributed by atoms with Crippen molar-refractivity contribution in [2.45, 2.75) is 6.04 Å². The lowest BCUT2D eigenvalue weighted by molar-refractivity contribution is 0.0715. The molecule has 1 amide bonds. The Bertz CT molecular complexity index is 1170. The number of para-hydroxylation sites is 2. The lowest BCUT2D eigenvalue weighted by Crippen LogP contribution is -2.35. The fourth-order valence-electron chi connectivity index (χ4n) is 3.96. The van der Waals surface area contributed by atoms with E-state index in [-0.39, 0.29) is 17.1 Å². The highest BCUT2D eigenvalue weighted by atomic mass is 16.5. The maximum Gasteiger partial charge on any atom is 0.290 e. The van der Waals surface area contributed by atoms with E-state index in [0.29, 0.717) is 46.7 Å². The van der Waals surface area contributed by atoms with Crippen LogP contribution in [0, 0.1) is 0 Å². The number of carbonyl (C=O) groups is 1. The Labute approximate surface area is 174 Å². The zero-order chi connectivity index (χ0) is 21.4. The molecule has 156 valence electrons. The minimum atomic E-state index is -0.627. The van der Waals surface area contributed by atoms with Gasteiger partial charge < -0.3 is 23.7 Å². The lowest BCUT2D eigenvalue weighted by atomic mass is 9.97. The molecule has 30 heavy (non-hydrogen) atoms. The molecular formula is C23H24N2O5. The van der Waals surface area contributed by atoms with Crippen LogP contribution < -0.4 is 14.9 Å². The Hall–Kier alpha value is -3.32. The number of fused-ring (bicyclic) bond motifs is 2. The summed E-state index contributed by atoms with van der Waals surface area (Å²) in [7, 11) is 6.98. The van der Waals surface area contributed by atoms with E-state index in [1.165, 1.54) is 0 Å². The smallest absolute Gasteiger partial charge is 0.290 e. The minimum Gasteiger partial charge on any atom is -0.493 e. The van der Waals surface area contributed by atoms with Gasteiger partial charge in [0.25, 0.3) is 5.91 Å². The summed E-state index contributed by atoms with van der Waals surface area (Å²) in [6, 6.07) is 11.8. The summed E-state index contributed by atoms with van der Waals surface area (Å²) in [6.07, 6.45) is 0. The summed E-state index contributed by atoms with van der Waals surface area (Å²) < 4.78 is 17.0. The average Bonchev–Trinajstić information content (AvgIpc) is 3.03. The van der Waals surface area contributed by atoms with Gasteiger partial charge in [0, 0.05) is 18.7 Å². The molecule has 2 heterocycles. The molecule has 4 rings (SSSR count). The van der Waals surface area contributed by atoms with Crippen LogP contribution in [-0.4, -0.2) is 57.1 Å². The number of benzene rings is 2. The monoisotopic (exact) mass is 408 g/mol. The van der Waals surface area contributed by atoms with Gasteiger partial charge in [-0.05, 0) is 32.3 Å². The first-order valence-electron chi connectivity index (χ1n) is 9.70. The standard InChI is InChI=1S/C23H24N2O5/c1-24(2)12-13-25-19(15-9-7-11-17(28-3)21(15)29-4)18-20(26)14-8-5-6-10-16(14)30-22(18)23(25)27/h5-11,19H,12-13H2,1-4H3/t19-/m1/s1. The second kappa shape index (κ2) is 7.84. The minimum absolute atomic E-state index is 0.0901. The quantitative estimate of drug-likeness (QED) is 0.625. The third kappa shape index (κ3) is 3.11. The highest BCUT2D eigenvalue weighted by Gasteiger charge is 2.44. The number of amides is 1. The average molecular weight is 408 g/mol. The van der Waals surface area contributed by atoms with Crippen LogP contribution in [0.1, 0.15) is 27.7 Å². The molecule has 1 aliphatic heterocycles. The highest BCUT2D eigenvalue weighted by molar-refractivity contribution is 5.99. The molecule has 0 radical (unpaired) electrons. The van der Waals surface area contributed by atoms with Crippen molar-refractivity contribution < 1.29 is 18.7 Å². The van der Waals surface area contributed by atoms with E-state index in [1.54, 1.807) is 49.5 Å². The predicted octanol–water partition coefficient (Wildman–Crippen LogP) is 2.92. The van der Waals surface area contributed by atoms with E-state index < -0.39 is 6.04 Å². The van der Waals surface area contributed by atoms with Crippen molar-refractivity contribution in [3.63, 3.8) is 0 Å². The van der Waals surface area contributed by atoms with Crippen molar-refractivity contribution in [1.29, 1.82) is 0 Å². The molecule has 1 atom stereocenters. The molecule has 0 unspecified atom stereocenters. The van der Waals surface area contributed by atoms with Crippen LogP contribution in [-0.2, 0) is 0 Å². The molecule has 0 fully saturated rings. The van der Waals surface area contributed by atoms with Crippen molar-refractivity contribution in [3.8, 4) is 11.5 Å². The molecule has 3 aromatic rings. The van der Waals surface area contributed by atoms with Crippen LogP contribution in [0.2, 0.25) is 0 Å². The van der Waals surface area contributed by atoms with Gasteiger partial charge in [-0.3, -0.25) is 9.59 Å². The molecule has 0 saturated carbocycles. The molecule has 2 aromatic carbocycles. The molecular weight excluding hydrogens is 384 g/mol. The summed E-state index contributed by atoms with van der Waals surface area (Å²) in [5.41, 5.74) is 1.22. The third-order valence-electron chi connectivity index (χ3n) is 5.39. The van der Waals surface area contributed by atoms with Gasteiger partial charge in [-0.15, -0.1) is 0 Å². The van der Waals surface area contributed by atoms with Gasteiger partial charge in [-0.1, -0.05) is 24.3 Å². The Morgan fingerprint density at radius 2 is 1.80 bits per heavy atom. The largest absolute Gasteiger partial charge is 0.493 e. The lowest BCUT2D eigenvalue weighted by Gasteiger charge is -2.28. The molecule has 7 nitrogen and oxygen atoms in total. The van der Waals surface area contributed by atoms with Gasteiger partial charge in [0.2, 0.25) is 5.76 Å². The summed E-state index contributed by atoms with van der Waals surface area (Å²) in [4.78, 5) is 30.5. The van der Waals surface area contributed by atoms with E-state index in [2.05, 4.69) is 0 Å². The van der Waals surface area contributed by atoms with Crippen molar-refractivity contribution in [3.05, 3.63) is 69.6 Å². The van der Waals surface area contributed by atoms with E-state index in [0.717, 1.165) is 0 Å². The molecule has 0 saturated heterocycles. The Balaban J connectivity index is 1.99. The van der Waals surface area contributed by atoms with Crippen molar-refractivity contribution in [1.82, 2.24) is 9.80 Å². The second-order valence-corrected chi connectivity index (χ2v) is 7.46. The molecule has 1 aromatic heterocycles. The van der Waals surface area contributed by atoms with E-state index in [4.69, 9.17) is 13.9 Å². The Morgan fingerprint density at radius 3 is 2.50 bits per heavy atom. The van der Waals surface area contributed by atoms with Crippen molar-refractivity contribution >= 4 is 16.9 Å². The first kappa shape index (κ1) is 20.0. The Kier molecular flexibility index (Phi) is 5.22. The summed E-state index contributed by atoms with van der Waals surface area (Å²) in [6.45, 7) is 1.06. The zero-order valence-electron chi connectivity index (χ0n) is 17.5. The first-order chi connectivity index (χ1) is 14.5. The topological polar surface area (TPSA) is 72.2 Å². The van der Waals surface area contributed by atoms with Gasteiger partial charge in [-0.2, -0.15) is 0 Å². The summed E-state index contributed by atoms with van der Waals surface area (Å²) in [5.74, 6) is 0.818. The number of methoxy groups -OCH3 is 2. The van der Waals surface area contributed by atoms with E-state index in [1.807, 2.05) is 31.1 Å². The van der Waals surface area contributed by atoms with Gasteiger partial charge >= 0.3 is 0 Å². The van der Waals surface area contributed by atoms with Crippen LogP contribution in [0.15, 0.2) is 51.7 Å². The van der Waals surface area contributed by atoms with E-state index in [9.17, 15) is 9.59 Å². The van der Waals surface area contributed by atoms with Gasteiger partial charge in [0.05, 0.1) is 31.2 Å². The van der Waals surface area contributed by atoms with Crippen LogP contribution in [0.5, 0.6) is 11.5 Å². The van der Waals surface area contributed by atoms with Gasteiger partial charge in [0.1, 0.15) is 5.58 Å². The van der Waals surface area contributed by atoms with Crippen LogP contribution in [0.4, 0.5) is 0 Å². The fourth-order valence-corrected chi connectivity index (χ4v) is 3.96. The van der Waals surface area contributed by atoms with Gasteiger partial charge in [0.15, 0.2) is 16.9 Å². The molecule has 1 aliphatic rings. The molecule has 0 bridgehead atoms. The normalized spacial score (nSPS) is 15.7. The molecule has 0 spiro atoms. The number of hydrogen-bond donors (Lipinski definition) is 0. The van der Waals surface area contributed by atoms with Crippen molar-refractivity contribution in [2.75, 3.05) is 41.4 Å². The molecule has 7 heteroatoms. The first-order valence-corrected chi connectivity index (χ1v) is 9.70. The maximum absolute atomic E-state index is 13.5. The van der Waals surface area contributed by atoms with Crippen LogP contribution in [0.3, 0.4) is 0 Å². The second-order valence-electron chi connectivity index (χ2n) is 7.46. The van der Waals surface area contributed by atoms with Crippen molar-refractivity contribution in [2.24, 2.45) is 0 Å². The number of nitrogens with zero attached hydrogens (tertiary/aromatic N) is 2. The number of hydrogen-bond acceptors (Lipinski definition) is 6. The predicted molar refractivity (Wildman–Crippen MR) is 113 cm³/mol. The molecule has 0 aliphatic carbocycles. The summed E-state index contributed by atoms with van der Waals surface area (Å²) in [5, 5.41) is 0.449. The van der Waals surface area contributed by atoms with E-state index >= 15 is 0 Å². The maximum atomic E-state index is 13.5. The third-order valence-corrected chi connectivity index (χ3v) is 5.39. The highest BCUT2D eigenvalue weighted by Crippen LogP contribution is 2.44. The van der Waals surface area contributed by atoms with Gasteiger partial charge in [-0.25, -0.2) is 0 Å². The van der Waals surface area contributed by atoms with Crippen LogP contribution in [0.25, 0.3) is 11.0 Å². The summed E-state index contributed by atoms with van der Waals surface area (Å²) >= 11 is 0. The van der Waals surface area contributed by atoms with Crippen LogP contribution >= 0.6 is 0 Å². The SMILES string of the molecule is COc1cccc([C@@H]2c3c(oc4ccccc4c3=O)C(=O)N2CCN(C)C)c1OC. The Morgan fingerprint density at radius 1 is 1.03 bits per heavy atom.